The van der Waals surface area contributed by atoms with Crippen molar-refractivity contribution in [3.8, 4) is 0 Å². The van der Waals surface area contributed by atoms with Crippen LogP contribution in [0.5, 0.6) is 0 Å². The molecule has 0 amide bonds. The number of alkyl halides is 2. The number of unbranched alkanes of at least 4 members (excludes halogenated alkanes) is 10. The van der Waals surface area contributed by atoms with E-state index in [2.05, 4.69) is 51.8 Å². The van der Waals surface area contributed by atoms with Gasteiger partial charge in [-0.05, 0) is 13.3 Å². The predicted molar refractivity (Wildman–Crippen MR) is 122 cm³/mol. The molecule has 0 aliphatic heterocycles. The van der Waals surface area contributed by atoms with Crippen LogP contribution < -0.4 is 0 Å². The smallest absolute Gasteiger partial charge is 0.333 e. The van der Waals surface area contributed by atoms with Crippen LogP contribution in [0.15, 0.2) is 12.2 Å². The lowest BCUT2D eigenvalue weighted by atomic mass is 10.1. The molecule has 5 heteroatoms. The average molecular weight is 564 g/mol. The number of carbonyl (C=O) groups excluding carboxylic acids is 1. The normalized spacial score (nSPS) is 11.5. The second-order valence-electron chi connectivity index (χ2n) is 6.34. The van der Waals surface area contributed by atoms with E-state index in [9.17, 15) is 4.79 Å². The van der Waals surface area contributed by atoms with Gasteiger partial charge in [-0.15, -0.1) is 0 Å². The molecule has 0 rings (SSSR count). The van der Waals surface area contributed by atoms with Crippen molar-refractivity contribution in [2.45, 2.75) is 85.2 Å². The number of halogens is 2. The highest BCUT2D eigenvalue weighted by molar-refractivity contribution is 14.2. The van der Waals surface area contributed by atoms with Crippen molar-refractivity contribution in [2.75, 3.05) is 6.61 Å². The van der Waals surface area contributed by atoms with Gasteiger partial charge in [-0.25, -0.2) is 4.79 Å². The lowest BCUT2D eigenvalue weighted by Gasteiger charge is -2.05. The Hall–Kier alpha value is 0.887. The fourth-order valence-corrected chi connectivity index (χ4v) is 6.05. The number of rotatable bonds is 16. The summed E-state index contributed by atoms with van der Waals surface area (Å²) in [5.74, 6) is -0.254. The molecule has 23 heavy (non-hydrogen) atoms. The fraction of sp³-hybridized carbons (Fsp3) is 0.833. The van der Waals surface area contributed by atoms with E-state index >= 15 is 0 Å². The van der Waals surface area contributed by atoms with Crippen LogP contribution in [0.2, 0.25) is 6.04 Å². The van der Waals surface area contributed by atoms with E-state index in [1.807, 2.05) is 0 Å². The number of ether oxygens (including phenoxy) is 1. The van der Waals surface area contributed by atoms with Crippen molar-refractivity contribution in [3.63, 3.8) is 0 Å². The van der Waals surface area contributed by atoms with E-state index in [0.717, 1.165) is 7.98 Å². The molecular weight excluding hydrogens is 530 g/mol. The highest BCUT2D eigenvalue weighted by Crippen LogP contribution is 2.14. The summed E-state index contributed by atoms with van der Waals surface area (Å²) in [6.45, 7) is 5.81. The van der Waals surface area contributed by atoms with E-state index in [1.54, 1.807) is 6.92 Å². The summed E-state index contributed by atoms with van der Waals surface area (Å²) >= 11 is 5.14. The minimum Gasteiger partial charge on any atom is -0.462 e. The van der Waals surface area contributed by atoms with Crippen molar-refractivity contribution in [2.24, 2.45) is 0 Å². The van der Waals surface area contributed by atoms with Gasteiger partial charge in [-0.3, -0.25) is 0 Å². The summed E-state index contributed by atoms with van der Waals surface area (Å²) in [7, 11) is 0.219. The Morgan fingerprint density at radius 1 is 0.913 bits per heavy atom. The molecule has 0 spiro atoms. The number of hydrogen-bond donors (Lipinski definition) is 0. The Morgan fingerprint density at radius 2 is 1.35 bits per heavy atom. The monoisotopic (exact) mass is 564 g/mol. The Labute approximate surface area is 173 Å². The SMILES string of the molecule is C=C(C)C(=O)OCCCCCCCCCCCCC[SiH2]C(I)I. The van der Waals surface area contributed by atoms with Gasteiger partial charge in [-0.2, -0.15) is 0 Å². The standard InChI is InChI=1S/C18H34I2O2Si/c1-16(2)17(21)22-14-12-10-8-6-4-3-5-7-9-11-13-15-23-18(19)20/h18H,1,3-15,23H2,2H3. The third kappa shape index (κ3) is 19.1. The van der Waals surface area contributed by atoms with E-state index in [0.29, 0.717) is 12.2 Å². The lowest BCUT2D eigenvalue weighted by molar-refractivity contribution is -0.139. The molecule has 0 aromatic rings. The molecule has 0 aromatic heterocycles. The lowest BCUT2D eigenvalue weighted by Crippen LogP contribution is -2.05. The van der Waals surface area contributed by atoms with Crippen LogP contribution in [0.25, 0.3) is 0 Å². The first-order valence-corrected chi connectivity index (χ1v) is 13.5. The molecule has 0 atom stereocenters. The maximum atomic E-state index is 11.2. The minimum atomic E-state index is -0.254. The van der Waals surface area contributed by atoms with Gasteiger partial charge in [0.2, 0.25) is 0 Å². The highest BCUT2D eigenvalue weighted by Gasteiger charge is 2.01. The van der Waals surface area contributed by atoms with Crippen LogP contribution >= 0.6 is 45.2 Å². The molecule has 136 valence electrons. The van der Waals surface area contributed by atoms with Gasteiger partial charge < -0.3 is 4.74 Å². The van der Waals surface area contributed by atoms with Crippen LogP contribution in [0.1, 0.15) is 77.6 Å². The number of hydrogen-bond acceptors (Lipinski definition) is 2. The van der Waals surface area contributed by atoms with Gasteiger partial charge >= 0.3 is 5.97 Å². The first kappa shape index (κ1) is 23.9. The molecule has 2 nitrogen and oxygen atoms in total. The molecule has 0 N–H and O–H groups in total. The van der Waals surface area contributed by atoms with Crippen LogP contribution in [-0.2, 0) is 9.53 Å². The second kappa shape index (κ2) is 17.7. The summed E-state index contributed by atoms with van der Waals surface area (Å²) < 4.78 is 6.03. The molecule has 0 bridgehead atoms. The van der Waals surface area contributed by atoms with Gasteiger partial charge in [-0.1, -0.05) is 122 Å². The molecule has 0 heterocycles. The zero-order valence-electron chi connectivity index (χ0n) is 14.8. The summed E-state index contributed by atoms with van der Waals surface area (Å²) in [4.78, 5) is 11.2. The Morgan fingerprint density at radius 3 is 1.78 bits per heavy atom. The molecule has 0 unspecified atom stereocenters. The molecule has 0 aliphatic rings. The van der Waals surface area contributed by atoms with E-state index in [4.69, 9.17) is 4.74 Å². The number of esters is 1. The van der Waals surface area contributed by atoms with Crippen molar-refractivity contribution >= 4 is 60.7 Å². The van der Waals surface area contributed by atoms with Crippen molar-refractivity contribution in [1.82, 2.24) is 0 Å². The van der Waals surface area contributed by atoms with Gasteiger partial charge in [0.25, 0.3) is 0 Å². The molecule has 0 radical (unpaired) electrons. The fourth-order valence-electron chi connectivity index (χ4n) is 2.46. The topological polar surface area (TPSA) is 26.3 Å². The van der Waals surface area contributed by atoms with Gasteiger partial charge in [0.05, 0.1) is 6.61 Å². The summed E-state index contributed by atoms with van der Waals surface area (Å²) in [6, 6.07) is 1.54. The Balaban J connectivity index is 3.08. The van der Waals surface area contributed by atoms with E-state index in [1.165, 1.54) is 70.3 Å². The van der Waals surface area contributed by atoms with Gasteiger partial charge in [0, 0.05) is 16.6 Å². The third-order valence-electron chi connectivity index (χ3n) is 3.90. The maximum Gasteiger partial charge on any atom is 0.333 e. The molecule has 0 aliphatic carbocycles. The third-order valence-corrected chi connectivity index (χ3v) is 8.98. The van der Waals surface area contributed by atoms with Crippen molar-refractivity contribution in [3.05, 3.63) is 12.2 Å². The Kier molecular flexibility index (Phi) is 18.4. The molecule has 0 fully saturated rings. The maximum absolute atomic E-state index is 11.2. The van der Waals surface area contributed by atoms with Crippen molar-refractivity contribution in [1.29, 1.82) is 0 Å². The summed E-state index contributed by atoms with van der Waals surface area (Å²) in [6.07, 6.45) is 14.7. The van der Waals surface area contributed by atoms with Gasteiger partial charge in [0.15, 0.2) is 0 Å². The van der Waals surface area contributed by atoms with E-state index < -0.39 is 0 Å². The Bertz CT molecular complexity index is 309. The molecular formula is C18H34I2O2Si. The predicted octanol–water partition coefficient (Wildman–Crippen LogP) is 6.14. The van der Waals surface area contributed by atoms with Crippen LogP contribution in [-0.4, -0.2) is 23.7 Å². The average Bonchev–Trinajstić information content (AvgIpc) is 2.50. The largest absolute Gasteiger partial charge is 0.462 e. The van der Waals surface area contributed by atoms with Crippen LogP contribution in [0, 0.1) is 0 Å². The summed E-state index contributed by atoms with van der Waals surface area (Å²) in [5, 5.41) is 0. The molecule has 0 saturated carbocycles. The second-order valence-corrected chi connectivity index (χ2v) is 17.2. The minimum absolute atomic E-state index is 0.219. The molecule has 0 aromatic carbocycles. The quantitative estimate of drug-likeness (QED) is 0.0563. The first-order valence-electron chi connectivity index (χ1n) is 9.15. The van der Waals surface area contributed by atoms with Gasteiger partial charge in [0.1, 0.15) is 0 Å². The summed E-state index contributed by atoms with van der Waals surface area (Å²) in [5.41, 5.74) is 0.492. The zero-order chi connectivity index (χ0) is 17.3. The molecule has 0 saturated heterocycles. The van der Waals surface area contributed by atoms with E-state index in [-0.39, 0.29) is 15.5 Å². The van der Waals surface area contributed by atoms with Crippen LogP contribution in [0.3, 0.4) is 0 Å². The van der Waals surface area contributed by atoms with Crippen LogP contribution in [0.4, 0.5) is 0 Å². The highest BCUT2D eigenvalue weighted by atomic mass is 127. The zero-order valence-corrected chi connectivity index (χ0v) is 20.5. The number of carbonyl (C=O) groups is 1. The first-order chi connectivity index (χ1) is 11.0. The van der Waals surface area contributed by atoms with Crippen molar-refractivity contribution < 1.29 is 9.53 Å².